The van der Waals surface area contributed by atoms with Crippen LogP contribution in [0.15, 0.2) is 4.99 Å². The van der Waals surface area contributed by atoms with Crippen LogP contribution >= 0.6 is 0 Å². The van der Waals surface area contributed by atoms with Crippen LogP contribution in [0.4, 0.5) is 0 Å². The van der Waals surface area contributed by atoms with Gasteiger partial charge in [-0.3, -0.25) is 19.4 Å². The Labute approximate surface area is 287 Å². The second-order valence-corrected chi connectivity index (χ2v) is 13.1. The second kappa shape index (κ2) is 33.5. The van der Waals surface area contributed by atoms with E-state index in [1.54, 1.807) is 0 Å². The van der Waals surface area contributed by atoms with E-state index in [4.69, 9.17) is 31.4 Å². The SMILES string of the molecule is CCCCCCCCCCCCCC(=O)OC[C@H](COC(=O)[C@@H](N)CCCN=C(N)N)OC(=O)CCCCCCCCCCCCC. The van der Waals surface area contributed by atoms with Gasteiger partial charge in [-0.25, -0.2) is 0 Å². The fourth-order valence-corrected chi connectivity index (χ4v) is 5.41. The maximum atomic E-state index is 12.6. The van der Waals surface area contributed by atoms with Crippen molar-refractivity contribution >= 4 is 23.9 Å². The predicted molar refractivity (Wildman–Crippen MR) is 192 cm³/mol. The van der Waals surface area contributed by atoms with E-state index in [0.29, 0.717) is 25.8 Å². The molecular weight excluding hydrogens is 596 g/mol. The topological polar surface area (TPSA) is 169 Å². The molecule has 2 atom stereocenters. The number of rotatable bonds is 34. The van der Waals surface area contributed by atoms with Gasteiger partial charge in [0.25, 0.3) is 0 Å². The Balaban J connectivity index is 4.44. The minimum absolute atomic E-state index is 0.0167. The summed E-state index contributed by atoms with van der Waals surface area (Å²) >= 11 is 0. The molecule has 0 aliphatic rings. The molecule has 0 bridgehead atoms. The van der Waals surface area contributed by atoms with Crippen LogP contribution < -0.4 is 17.2 Å². The molecule has 47 heavy (non-hydrogen) atoms. The quantitative estimate of drug-likeness (QED) is 0.0204. The third-order valence-electron chi connectivity index (χ3n) is 8.38. The van der Waals surface area contributed by atoms with E-state index in [0.717, 1.165) is 38.5 Å². The van der Waals surface area contributed by atoms with Crippen molar-refractivity contribution in [2.75, 3.05) is 19.8 Å². The van der Waals surface area contributed by atoms with E-state index in [1.807, 2.05) is 0 Å². The molecule has 0 unspecified atom stereocenters. The van der Waals surface area contributed by atoms with E-state index >= 15 is 0 Å². The van der Waals surface area contributed by atoms with Gasteiger partial charge in [0.05, 0.1) is 0 Å². The van der Waals surface area contributed by atoms with Crippen molar-refractivity contribution in [3.05, 3.63) is 0 Å². The molecule has 0 heterocycles. The number of hydrogen-bond acceptors (Lipinski definition) is 8. The van der Waals surface area contributed by atoms with Crippen molar-refractivity contribution in [1.82, 2.24) is 0 Å². The lowest BCUT2D eigenvalue weighted by atomic mass is 10.1. The maximum Gasteiger partial charge on any atom is 0.323 e. The summed E-state index contributed by atoms with van der Waals surface area (Å²) in [6, 6.07) is -0.861. The van der Waals surface area contributed by atoms with Crippen molar-refractivity contribution in [1.29, 1.82) is 0 Å². The molecule has 0 amide bonds. The van der Waals surface area contributed by atoms with Crippen LogP contribution in [0.2, 0.25) is 0 Å². The Morgan fingerprint density at radius 3 is 1.40 bits per heavy atom. The molecule has 0 aliphatic heterocycles. The summed E-state index contributed by atoms with van der Waals surface area (Å²) in [5.41, 5.74) is 16.6. The number of guanidine groups is 1. The van der Waals surface area contributed by atoms with Gasteiger partial charge in [-0.1, -0.05) is 142 Å². The highest BCUT2D eigenvalue weighted by Crippen LogP contribution is 2.14. The predicted octanol–water partition coefficient (Wildman–Crippen LogP) is 7.77. The van der Waals surface area contributed by atoms with Crippen LogP contribution in [-0.4, -0.2) is 55.8 Å². The molecular formula is C37H72N4O6. The van der Waals surface area contributed by atoms with E-state index in [2.05, 4.69) is 18.8 Å². The molecule has 0 aromatic carbocycles. The first-order valence-electron chi connectivity index (χ1n) is 19.1. The first kappa shape index (κ1) is 44.6. The number of esters is 3. The highest BCUT2D eigenvalue weighted by atomic mass is 16.6. The van der Waals surface area contributed by atoms with Crippen LogP contribution in [0.25, 0.3) is 0 Å². The number of aliphatic imine (C=N–C) groups is 1. The Kier molecular flexibility index (Phi) is 31.9. The summed E-state index contributed by atoms with van der Waals surface area (Å²) < 4.78 is 16.3. The monoisotopic (exact) mass is 669 g/mol. The number of nitrogens with zero attached hydrogens (tertiary/aromatic N) is 1. The Morgan fingerprint density at radius 1 is 0.553 bits per heavy atom. The highest BCUT2D eigenvalue weighted by Gasteiger charge is 2.22. The zero-order chi connectivity index (χ0) is 34.8. The highest BCUT2D eigenvalue weighted by molar-refractivity contribution is 5.76. The molecule has 0 radical (unpaired) electrons. The van der Waals surface area contributed by atoms with Crippen LogP contribution in [0.5, 0.6) is 0 Å². The van der Waals surface area contributed by atoms with Crippen LogP contribution in [0, 0.1) is 0 Å². The number of hydrogen-bond donors (Lipinski definition) is 3. The number of carbonyl (C=O) groups is 3. The fraction of sp³-hybridized carbons (Fsp3) is 0.892. The number of carbonyl (C=O) groups excluding carboxylic acids is 3. The number of nitrogens with two attached hydrogens (primary N) is 3. The molecule has 0 fully saturated rings. The van der Waals surface area contributed by atoms with Crippen LogP contribution in [0.1, 0.15) is 181 Å². The minimum Gasteiger partial charge on any atom is -0.462 e. The van der Waals surface area contributed by atoms with Crippen molar-refractivity contribution in [2.24, 2.45) is 22.2 Å². The lowest BCUT2D eigenvalue weighted by Crippen LogP contribution is -2.36. The van der Waals surface area contributed by atoms with Gasteiger partial charge in [0, 0.05) is 19.4 Å². The Bertz CT molecular complexity index is 791. The molecule has 0 aliphatic carbocycles. The van der Waals surface area contributed by atoms with Crippen LogP contribution in [0.3, 0.4) is 0 Å². The largest absolute Gasteiger partial charge is 0.462 e. The fourth-order valence-electron chi connectivity index (χ4n) is 5.41. The zero-order valence-electron chi connectivity index (χ0n) is 30.3. The molecule has 0 rings (SSSR count). The molecule has 276 valence electrons. The van der Waals surface area contributed by atoms with Gasteiger partial charge in [0.15, 0.2) is 12.1 Å². The molecule has 0 saturated carbocycles. The van der Waals surface area contributed by atoms with Crippen LogP contribution in [-0.2, 0) is 28.6 Å². The number of unbranched alkanes of at least 4 members (excludes halogenated alkanes) is 20. The first-order valence-corrected chi connectivity index (χ1v) is 19.1. The van der Waals surface area contributed by atoms with Gasteiger partial charge in [0.1, 0.15) is 19.3 Å². The van der Waals surface area contributed by atoms with Crippen molar-refractivity contribution in [3.63, 3.8) is 0 Å². The number of ether oxygens (including phenoxy) is 3. The summed E-state index contributed by atoms with van der Waals surface area (Å²) in [5, 5.41) is 0. The van der Waals surface area contributed by atoms with Crippen molar-refractivity contribution in [3.8, 4) is 0 Å². The van der Waals surface area contributed by atoms with Crippen molar-refractivity contribution < 1.29 is 28.6 Å². The summed E-state index contributed by atoms with van der Waals surface area (Å²) in [4.78, 5) is 41.3. The molecule has 6 N–H and O–H groups in total. The molecule has 0 aromatic rings. The lowest BCUT2D eigenvalue weighted by molar-refractivity contribution is -0.167. The molecule has 0 saturated heterocycles. The minimum atomic E-state index is -0.880. The molecule has 0 spiro atoms. The summed E-state index contributed by atoms with van der Waals surface area (Å²) in [7, 11) is 0. The van der Waals surface area contributed by atoms with E-state index in [9.17, 15) is 14.4 Å². The zero-order valence-corrected chi connectivity index (χ0v) is 30.3. The molecule has 0 aromatic heterocycles. The van der Waals surface area contributed by atoms with E-state index < -0.39 is 18.1 Å². The van der Waals surface area contributed by atoms with Crippen molar-refractivity contribution in [2.45, 2.75) is 193 Å². The van der Waals surface area contributed by atoms with Gasteiger partial charge in [-0.2, -0.15) is 0 Å². The Hall–Kier alpha value is -2.36. The van der Waals surface area contributed by atoms with E-state index in [1.165, 1.54) is 103 Å². The average molecular weight is 669 g/mol. The summed E-state index contributed by atoms with van der Waals surface area (Å²) in [6.45, 7) is 4.45. The first-order chi connectivity index (χ1) is 22.8. The third kappa shape index (κ3) is 32.0. The Morgan fingerprint density at radius 2 is 0.957 bits per heavy atom. The molecule has 10 heteroatoms. The van der Waals surface area contributed by atoms with Gasteiger partial charge in [-0.05, 0) is 25.7 Å². The average Bonchev–Trinajstić information content (AvgIpc) is 3.05. The third-order valence-corrected chi connectivity index (χ3v) is 8.38. The van der Waals surface area contributed by atoms with Gasteiger partial charge in [0.2, 0.25) is 0 Å². The standard InChI is InChI=1S/C37H72N4O6/c1-3-5-7-9-11-13-15-17-19-21-23-27-34(42)45-30-32(31-46-36(44)33(38)26-25-29-41-37(39)40)47-35(43)28-24-22-20-18-16-14-12-10-8-6-4-2/h32-33H,3-31,38H2,1-2H3,(H4,39,40,41)/t32-,33+/m1/s1. The van der Waals surface area contributed by atoms with Gasteiger partial charge in [-0.15, -0.1) is 0 Å². The van der Waals surface area contributed by atoms with Gasteiger partial charge >= 0.3 is 17.9 Å². The normalized spacial score (nSPS) is 12.3. The maximum absolute atomic E-state index is 12.6. The van der Waals surface area contributed by atoms with Gasteiger partial charge < -0.3 is 31.4 Å². The smallest absolute Gasteiger partial charge is 0.323 e. The summed E-state index contributed by atoms with van der Waals surface area (Å²) in [6.07, 6.45) is 26.9. The summed E-state index contributed by atoms with van der Waals surface area (Å²) in [5.74, 6) is -1.36. The molecule has 10 nitrogen and oxygen atoms in total. The van der Waals surface area contributed by atoms with E-state index in [-0.39, 0.29) is 37.5 Å². The second-order valence-electron chi connectivity index (χ2n) is 13.1. The lowest BCUT2D eigenvalue weighted by Gasteiger charge is -2.19.